The summed E-state index contributed by atoms with van der Waals surface area (Å²) >= 11 is 1.30. The first kappa shape index (κ1) is 14.3. The molecule has 0 aromatic carbocycles. The van der Waals surface area contributed by atoms with Gasteiger partial charge in [-0.25, -0.2) is 9.59 Å². The molecule has 2 amide bonds. The summed E-state index contributed by atoms with van der Waals surface area (Å²) in [6, 6.07) is -0.111. The van der Waals surface area contributed by atoms with Crippen LogP contribution in [0.15, 0.2) is 0 Å². The summed E-state index contributed by atoms with van der Waals surface area (Å²) in [4.78, 5) is 24.4. The Morgan fingerprint density at radius 3 is 2.76 bits per heavy atom. The van der Waals surface area contributed by atoms with Crippen LogP contribution in [0.5, 0.6) is 0 Å². The largest absolute Gasteiger partial charge is 0.478 e. The molecule has 1 aliphatic heterocycles. The Labute approximate surface area is 126 Å². The predicted molar refractivity (Wildman–Crippen MR) is 79.0 cm³/mol. The van der Waals surface area contributed by atoms with E-state index >= 15 is 0 Å². The molecule has 0 radical (unpaired) electrons. The minimum absolute atomic E-state index is 0.205. The van der Waals surface area contributed by atoms with E-state index in [0.29, 0.717) is 24.6 Å². The number of hydrogen-bond acceptors (Lipinski definition) is 4. The molecule has 1 saturated carbocycles. The number of hydrogen-bond donors (Lipinski definition) is 3. The van der Waals surface area contributed by atoms with Crippen molar-refractivity contribution in [3.63, 3.8) is 0 Å². The van der Waals surface area contributed by atoms with Crippen LogP contribution in [0.1, 0.15) is 46.5 Å². The minimum atomic E-state index is -0.995. The van der Waals surface area contributed by atoms with Gasteiger partial charge in [-0.1, -0.05) is 12.8 Å². The highest BCUT2D eigenvalue weighted by molar-refractivity contribution is 7.17. The summed E-state index contributed by atoms with van der Waals surface area (Å²) in [5, 5.41) is 15.4. The van der Waals surface area contributed by atoms with Gasteiger partial charge in [-0.3, -0.25) is 5.32 Å². The Balaban J connectivity index is 1.76. The third-order valence-electron chi connectivity index (χ3n) is 3.95. The third-order valence-corrected chi connectivity index (χ3v) is 5.07. The maximum Gasteiger partial charge on any atom is 0.339 e. The van der Waals surface area contributed by atoms with Crippen molar-refractivity contribution in [2.45, 2.75) is 44.8 Å². The Morgan fingerprint density at radius 1 is 1.29 bits per heavy atom. The Hall–Kier alpha value is -1.60. The van der Waals surface area contributed by atoms with E-state index in [1.54, 1.807) is 0 Å². The van der Waals surface area contributed by atoms with Gasteiger partial charge in [-0.2, -0.15) is 0 Å². The molecule has 21 heavy (non-hydrogen) atoms. The molecule has 114 valence electrons. The SMILES string of the molecule is O=C(Nc1sc2c(c1C(=O)O)CCOC2)NC1CCCC1. The lowest BCUT2D eigenvalue weighted by molar-refractivity contribution is 0.0693. The quantitative estimate of drug-likeness (QED) is 0.800. The summed E-state index contributed by atoms with van der Waals surface area (Å²) in [5.41, 5.74) is 1.02. The summed E-state index contributed by atoms with van der Waals surface area (Å²) in [7, 11) is 0. The molecule has 0 saturated heterocycles. The number of ether oxygens (including phenoxy) is 1. The van der Waals surface area contributed by atoms with E-state index in [1.807, 2.05) is 0 Å². The number of carbonyl (C=O) groups excluding carboxylic acids is 1. The molecule has 1 fully saturated rings. The van der Waals surface area contributed by atoms with Gasteiger partial charge in [0.1, 0.15) is 5.00 Å². The lowest BCUT2D eigenvalue weighted by Crippen LogP contribution is -2.36. The lowest BCUT2D eigenvalue weighted by atomic mass is 10.1. The number of anilines is 1. The molecule has 0 spiro atoms. The van der Waals surface area contributed by atoms with Gasteiger partial charge in [0.2, 0.25) is 0 Å². The van der Waals surface area contributed by atoms with Gasteiger partial charge in [0.15, 0.2) is 0 Å². The van der Waals surface area contributed by atoms with E-state index in [1.165, 1.54) is 11.3 Å². The van der Waals surface area contributed by atoms with Crippen LogP contribution >= 0.6 is 11.3 Å². The first-order valence-corrected chi connectivity index (χ1v) is 8.00. The summed E-state index contributed by atoms with van der Waals surface area (Å²) in [5.74, 6) is -0.995. The van der Waals surface area contributed by atoms with Gasteiger partial charge in [-0.05, 0) is 24.8 Å². The number of carbonyl (C=O) groups is 2. The monoisotopic (exact) mass is 310 g/mol. The van der Waals surface area contributed by atoms with Gasteiger partial charge in [-0.15, -0.1) is 11.3 Å². The molecule has 0 bridgehead atoms. The van der Waals surface area contributed by atoms with Crippen LogP contribution in [0.3, 0.4) is 0 Å². The van der Waals surface area contributed by atoms with Crippen LogP contribution in [-0.2, 0) is 17.8 Å². The molecule has 1 aromatic rings. The molecular formula is C14H18N2O4S. The summed E-state index contributed by atoms with van der Waals surface area (Å²) in [6.45, 7) is 0.948. The van der Waals surface area contributed by atoms with Crippen LogP contribution < -0.4 is 10.6 Å². The average Bonchev–Trinajstić information content (AvgIpc) is 3.04. The molecule has 6 nitrogen and oxygen atoms in total. The summed E-state index contributed by atoms with van der Waals surface area (Å²) in [6.07, 6.45) is 4.84. The molecule has 3 rings (SSSR count). The van der Waals surface area contributed by atoms with E-state index < -0.39 is 5.97 Å². The van der Waals surface area contributed by atoms with Gasteiger partial charge in [0.25, 0.3) is 0 Å². The second kappa shape index (κ2) is 6.03. The first-order chi connectivity index (χ1) is 10.1. The number of carboxylic acids is 1. The molecule has 1 aliphatic carbocycles. The van der Waals surface area contributed by atoms with E-state index in [4.69, 9.17) is 4.74 Å². The Bertz CT molecular complexity index is 564. The first-order valence-electron chi connectivity index (χ1n) is 7.18. The third kappa shape index (κ3) is 3.03. The molecule has 7 heteroatoms. The smallest absolute Gasteiger partial charge is 0.339 e. The lowest BCUT2D eigenvalue weighted by Gasteiger charge is -2.13. The highest BCUT2D eigenvalue weighted by atomic mass is 32.1. The number of carboxylic acid groups (broad SMARTS) is 1. The maximum absolute atomic E-state index is 12.0. The zero-order chi connectivity index (χ0) is 14.8. The number of urea groups is 1. The second-order valence-corrected chi connectivity index (χ2v) is 6.50. The highest BCUT2D eigenvalue weighted by Gasteiger charge is 2.27. The van der Waals surface area contributed by atoms with Gasteiger partial charge < -0.3 is 15.2 Å². The fourth-order valence-electron chi connectivity index (χ4n) is 2.94. The van der Waals surface area contributed by atoms with Gasteiger partial charge in [0.05, 0.1) is 18.8 Å². The van der Waals surface area contributed by atoms with Crippen molar-refractivity contribution in [2.24, 2.45) is 0 Å². The number of fused-ring (bicyclic) bond motifs is 1. The number of nitrogens with one attached hydrogen (secondary N) is 2. The average molecular weight is 310 g/mol. The molecule has 0 unspecified atom stereocenters. The fourth-order valence-corrected chi connectivity index (χ4v) is 4.11. The molecule has 1 aromatic heterocycles. The number of amides is 2. The molecule has 2 aliphatic rings. The van der Waals surface area contributed by atoms with Crippen LogP contribution in [0.25, 0.3) is 0 Å². The van der Waals surface area contributed by atoms with Gasteiger partial charge in [0, 0.05) is 10.9 Å². The molecule has 0 atom stereocenters. The molecule has 2 heterocycles. The maximum atomic E-state index is 12.0. The van der Waals surface area contributed by atoms with E-state index in [-0.39, 0.29) is 17.6 Å². The zero-order valence-corrected chi connectivity index (χ0v) is 12.4. The second-order valence-electron chi connectivity index (χ2n) is 5.40. The van der Waals surface area contributed by atoms with Crippen molar-refractivity contribution in [3.8, 4) is 0 Å². The predicted octanol–water partition coefficient (Wildman–Crippen LogP) is 2.58. The van der Waals surface area contributed by atoms with E-state index in [0.717, 1.165) is 36.1 Å². The van der Waals surface area contributed by atoms with Crippen molar-refractivity contribution < 1.29 is 19.4 Å². The van der Waals surface area contributed by atoms with Crippen molar-refractivity contribution in [3.05, 3.63) is 16.0 Å². The van der Waals surface area contributed by atoms with E-state index in [2.05, 4.69) is 10.6 Å². The minimum Gasteiger partial charge on any atom is -0.478 e. The fraction of sp³-hybridized carbons (Fsp3) is 0.571. The molecule has 3 N–H and O–H groups in total. The topological polar surface area (TPSA) is 87.7 Å². The summed E-state index contributed by atoms with van der Waals surface area (Å²) < 4.78 is 5.35. The highest BCUT2D eigenvalue weighted by Crippen LogP contribution is 2.36. The number of thiophene rings is 1. The van der Waals surface area contributed by atoms with Crippen molar-refractivity contribution in [2.75, 3.05) is 11.9 Å². The van der Waals surface area contributed by atoms with Crippen LogP contribution in [0.2, 0.25) is 0 Å². The molecular weight excluding hydrogens is 292 g/mol. The Morgan fingerprint density at radius 2 is 2.05 bits per heavy atom. The van der Waals surface area contributed by atoms with Crippen molar-refractivity contribution in [1.82, 2.24) is 5.32 Å². The van der Waals surface area contributed by atoms with E-state index in [9.17, 15) is 14.7 Å². The van der Waals surface area contributed by atoms with Gasteiger partial charge >= 0.3 is 12.0 Å². The number of rotatable bonds is 3. The zero-order valence-electron chi connectivity index (χ0n) is 11.6. The standard InChI is InChI=1S/C14H18N2O4S/c17-13(18)11-9-5-6-20-7-10(9)21-12(11)16-14(19)15-8-3-1-2-4-8/h8H,1-7H2,(H,17,18)(H2,15,16,19). The van der Waals surface area contributed by atoms with Crippen molar-refractivity contribution in [1.29, 1.82) is 0 Å². The van der Waals surface area contributed by atoms with Crippen LogP contribution in [0, 0.1) is 0 Å². The normalized spacial score (nSPS) is 18.3. The van der Waals surface area contributed by atoms with Crippen LogP contribution in [0.4, 0.5) is 9.80 Å². The number of aromatic carboxylic acids is 1. The van der Waals surface area contributed by atoms with Crippen molar-refractivity contribution >= 4 is 28.3 Å². The van der Waals surface area contributed by atoms with Crippen LogP contribution in [-0.4, -0.2) is 29.8 Å². The Kier molecular flexibility index (Phi) is 4.12.